The number of rotatable bonds is 5. The predicted molar refractivity (Wildman–Crippen MR) is 65.4 cm³/mol. The van der Waals surface area contributed by atoms with Gasteiger partial charge < -0.3 is 5.73 Å². The molecule has 0 aromatic heterocycles. The summed E-state index contributed by atoms with van der Waals surface area (Å²) in [6.45, 7) is 6.56. The maximum Gasteiger partial charge on any atom is 0.0185 e. The Morgan fingerprint density at radius 2 is 1.67 bits per heavy atom. The van der Waals surface area contributed by atoms with Gasteiger partial charge in [-0.2, -0.15) is 0 Å². The summed E-state index contributed by atoms with van der Waals surface area (Å²) < 4.78 is 0. The van der Waals surface area contributed by atoms with E-state index in [4.69, 9.17) is 5.73 Å². The summed E-state index contributed by atoms with van der Waals surface area (Å²) in [5.74, 6) is 0.623. The third-order valence-corrected chi connectivity index (χ3v) is 3.59. The van der Waals surface area contributed by atoms with Crippen molar-refractivity contribution >= 4 is 32.9 Å². The molecule has 0 fully saturated rings. The smallest absolute Gasteiger partial charge is 0.0185 e. The third-order valence-electron chi connectivity index (χ3n) is 2.81. The second-order valence-corrected chi connectivity index (χ2v) is 3.85. The van der Waals surface area contributed by atoms with Crippen molar-refractivity contribution in [1.29, 1.82) is 0 Å². The minimum Gasteiger partial charge on any atom is -0.325 e. The van der Waals surface area contributed by atoms with Gasteiger partial charge >= 0.3 is 0 Å². The van der Waals surface area contributed by atoms with Crippen molar-refractivity contribution in [3.05, 3.63) is 0 Å². The average Bonchev–Trinajstić information content (AvgIpc) is 2.06. The first-order chi connectivity index (χ1) is 5.14. The second kappa shape index (κ2) is 7.34. The largest absolute Gasteiger partial charge is 0.325 e. The summed E-state index contributed by atoms with van der Waals surface area (Å²) in [5, 5.41) is 1.03. The highest BCUT2D eigenvalue weighted by Crippen LogP contribution is 2.26. The van der Waals surface area contributed by atoms with E-state index >= 15 is 0 Å². The Labute approximate surface area is 95.4 Å². The van der Waals surface area contributed by atoms with Gasteiger partial charge in [-0.05, 0) is 18.8 Å². The highest BCUT2D eigenvalue weighted by molar-refractivity contribution is 9.09. The monoisotopic (exact) mass is 301 g/mol. The molecular formula is C9H21Br2N. The Bertz CT molecular complexity index is 98.7. The second-order valence-electron chi connectivity index (χ2n) is 3.20. The van der Waals surface area contributed by atoms with E-state index in [0.29, 0.717) is 5.92 Å². The lowest BCUT2D eigenvalue weighted by Crippen LogP contribution is -2.46. The van der Waals surface area contributed by atoms with Crippen LogP contribution in [0.1, 0.15) is 40.0 Å². The Kier molecular flexibility index (Phi) is 9.41. The molecule has 0 aliphatic heterocycles. The van der Waals surface area contributed by atoms with Crippen LogP contribution in [0.5, 0.6) is 0 Å². The zero-order valence-electron chi connectivity index (χ0n) is 8.27. The number of hydrogen-bond acceptors (Lipinski definition) is 1. The van der Waals surface area contributed by atoms with Crippen molar-refractivity contribution in [2.24, 2.45) is 11.7 Å². The van der Waals surface area contributed by atoms with E-state index in [9.17, 15) is 0 Å². The summed E-state index contributed by atoms with van der Waals surface area (Å²) in [4.78, 5) is 0. The van der Waals surface area contributed by atoms with E-state index in [1.807, 2.05) is 0 Å². The number of halogens is 2. The van der Waals surface area contributed by atoms with Gasteiger partial charge in [0.25, 0.3) is 0 Å². The fourth-order valence-corrected chi connectivity index (χ4v) is 2.60. The summed E-state index contributed by atoms with van der Waals surface area (Å²) in [7, 11) is 0. The van der Waals surface area contributed by atoms with Crippen LogP contribution >= 0.6 is 32.9 Å². The highest BCUT2D eigenvalue weighted by Gasteiger charge is 2.28. The maximum atomic E-state index is 6.23. The van der Waals surface area contributed by atoms with Crippen LogP contribution in [-0.2, 0) is 0 Å². The molecule has 0 heterocycles. The van der Waals surface area contributed by atoms with E-state index in [1.54, 1.807) is 0 Å². The first kappa shape index (κ1) is 15.4. The zero-order valence-corrected chi connectivity index (χ0v) is 11.6. The molecule has 0 aliphatic carbocycles. The molecule has 0 aromatic rings. The fourth-order valence-electron chi connectivity index (χ4n) is 1.50. The lowest BCUT2D eigenvalue weighted by atomic mass is 9.80. The van der Waals surface area contributed by atoms with E-state index in [1.165, 1.54) is 6.42 Å². The molecule has 0 aromatic carbocycles. The Balaban J connectivity index is 0. The molecule has 1 atom stereocenters. The van der Waals surface area contributed by atoms with Crippen LogP contribution in [0.2, 0.25) is 0 Å². The minimum absolute atomic E-state index is 0. The molecule has 12 heavy (non-hydrogen) atoms. The Hall–Kier alpha value is 0.920. The number of hydrogen-bond donors (Lipinski definition) is 1. The molecule has 0 rings (SSSR count). The Morgan fingerprint density at radius 3 is 1.75 bits per heavy atom. The van der Waals surface area contributed by atoms with Gasteiger partial charge in [-0.3, -0.25) is 0 Å². The van der Waals surface area contributed by atoms with Crippen LogP contribution in [0.25, 0.3) is 0 Å². The summed E-state index contributed by atoms with van der Waals surface area (Å²) in [6, 6.07) is 0. The quantitative estimate of drug-likeness (QED) is 0.773. The first-order valence-corrected chi connectivity index (χ1v) is 5.61. The highest BCUT2D eigenvalue weighted by atomic mass is 79.9. The van der Waals surface area contributed by atoms with Crippen LogP contribution in [0.4, 0.5) is 0 Å². The van der Waals surface area contributed by atoms with Gasteiger partial charge in [-0.25, -0.2) is 0 Å². The summed E-state index contributed by atoms with van der Waals surface area (Å²) in [6.07, 6.45) is 3.32. The zero-order chi connectivity index (χ0) is 8.91. The molecule has 76 valence electrons. The van der Waals surface area contributed by atoms with Gasteiger partial charge in [0.2, 0.25) is 0 Å². The van der Waals surface area contributed by atoms with Gasteiger partial charge in [-0.15, -0.1) is 17.0 Å². The van der Waals surface area contributed by atoms with Crippen molar-refractivity contribution in [2.75, 3.05) is 5.33 Å². The van der Waals surface area contributed by atoms with Gasteiger partial charge in [0.1, 0.15) is 0 Å². The summed E-state index contributed by atoms with van der Waals surface area (Å²) >= 11 is 3.51. The molecule has 0 aliphatic rings. The van der Waals surface area contributed by atoms with E-state index in [2.05, 4.69) is 36.7 Å². The van der Waals surface area contributed by atoms with Crippen molar-refractivity contribution in [2.45, 2.75) is 45.6 Å². The topological polar surface area (TPSA) is 26.0 Å². The number of nitrogens with two attached hydrogens (primary N) is 1. The van der Waals surface area contributed by atoms with Gasteiger partial charge in [0, 0.05) is 10.9 Å². The van der Waals surface area contributed by atoms with Gasteiger partial charge in [-0.1, -0.05) is 43.1 Å². The van der Waals surface area contributed by atoms with Crippen LogP contribution in [-0.4, -0.2) is 10.9 Å². The molecule has 0 saturated carbocycles. The normalized spacial score (nSPS) is 13.8. The molecule has 1 nitrogen and oxygen atoms in total. The van der Waals surface area contributed by atoms with E-state index < -0.39 is 0 Å². The standard InChI is InChI=1S/C9H20BrN.BrH/c1-4-8(7-10)9(11,5-2)6-3;/h8H,4-7,11H2,1-3H3;1H. The van der Waals surface area contributed by atoms with Gasteiger partial charge in [0.15, 0.2) is 0 Å². The molecule has 3 heteroatoms. The Morgan fingerprint density at radius 1 is 1.25 bits per heavy atom. The lowest BCUT2D eigenvalue weighted by molar-refractivity contribution is 0.269. The molecule has 0 radical (unpaired) electrons. The molecule has 0 saturated heterocycles. The summed E-state index contributed by atoms with van der Waals surface area (Å²) in [5.41, 5.74) is 6.29. The van der Waals surface area contributed by atoms with E-state index in [0.717, 1.165) is 18.2 Å². The number of alkyl halides is 1. The minimum atomic E-state index is 0. The third kappa shape index (κ3) is 3.75. The van der Waals surface area contributed by atoms with Crippen LogP contribution < -0.4 is 5.73 Å². The van der Waals surface area contributed by atoms with Gasteiger partial charge in [0.05, 0.1) is 0 Å². The molecule has 0 bridgehead atoms. The van der Waals surface area contributed by atoms with Crippen LogP contribution in [0.3, 0.4) is 0 Å². The lowest BCUT2D eigenvalue weighted by Gasteiger charge is -2.34. The first-order valence-electron chi connectivity index (χ1n) is 4.49. The molecule has 2 N–H and O–H groups in total. The predicted octanol–water partition coefficient (Wildman–Crippen LogP) is 3.50. The van der Waals surface area contributed by atoms with E-state index in [-0.39, 0.29) is 22.5 Å². The fraction of sp³-hybridized carbons (Fsp3) is 1.00. The maximum absolute atomic E-state index is 6.23. The molecular weight excluding hydrogens is 282 g/mol. The average molecular weight is 303 g/mol. The van der Waals surface area contributed by atoms with Crippen molar-refractivity contribution < 1.29 is 0 Å². The van der Waals surface area contributed by atoms with Crippen molar-refractivity contribution in [3.63, 3.8) is 0 Å². The van der Waals surface area contributed by atoms with Crippen LogP contribution in [0.15, 0.2) is 0 Å². The SMILES string of the molecule is Br.CCC(CBr)C(N)(CC)CC. The molecule has 1 unspecified atom stereocenters. The van der Waals surface area contributed by atoms with Crippen molar-refractivity contribution in [3.8, 4) is 0 Å². The molecule has 0 spiro atoms. The molecule has 0 amide bonds. The van der Waals surface area contributed by atoms with Crippen molar-refractivity contribution in [1.82, 2.24) is 0 Å². The van der Waals surface area contributed by atoms with Crippen LogP contribution in [0, 0.1) is 5.92 Å².